The fraction of sp³-hybridized carbons (Fsp3) is 0.267. The SMILES string of the molecule is CNC(=O)c1cc2cc(NC(=O)C3CN(C)C(=O)N3)ccc2[nH]1. The molecule has 1 aromatic heterocycles. The second-order valence-electron chi connectivity index (χ2n) is 5.44. The van der Waals surface area contributed by atoms with Crippen molar-refractivity contribution in [1.82, 2.24) is 20.5 Å². The molecule has 4 N–H and O–H groups in total. The average molecular weight is 315 g/mol. The number of hydrogen-bond donors (Lipinski definition) is 4. The maximum atomic E-state index is 12.2. The summed E-state index contributed by atoms with van der Waals surface area (Å²) in [4.78, 5) is 39.7. The second kappa shape index (κ2) is 5.64. The number of anilines is 1. The molecule has 1 aromatic carbocycles. The van der Waals surface area contributed by atoms with Crippen LogP contribution in [0.3, 0.4) is 0 Å². The van der Waals surface area contributed by atoms with Gasteiger partial charge in [-0.3, -0.25) is 9.59 Å². The van der Waals surface area contributed by atoms with E-state index in [4.69, 9.17) is 0 Å². The molecule has 23 heavy (non-hydrogen) atoms. The summed E-state index contributed by atoms with van der Waals surface area (Å²) < 4.78 is 0. The molecule has 4 amide bonds. The largest absolute Gasteiger partial charge is 0.354 e. The van der Waals surface area contributed by atoms with Gasteiger partial charge in [-0.15, -0.1) is 0 Å². The highest BCUT2D eigenvalue weighted by molar-refractivity contribution is 6.02. The standard InChI is InChI=1S/C15H17N5O3/c1-16-13(21)11-6-8-5-9(3-4-10(8)18-11)17-14(22)12-7-20(2)15(23)19-12/h3-6,12,18H,7H2,1-2H3,(H,16,21)(H,17,22)(H,19,23). The molecule has 8 heteroatoms. The van der Waals surface area contributed by atoms with Crippen molar-refractivity contribution in [2.24, 2.45) is 0 Å². The molecule has 0 saturated carbocycles. The van der Waals surface area contributed by atoms with Gasteiger partial charge in [0.2, 0.25) is 5.91 Å². The Bertz CT molecular complexity index is 798. The Hall–Kier alpha value is -3.03. The number of carbonyl (C=O) groups excluding carboxylic acids is 3. The minimum Gasteiger partial charge on any atom is -0.354 e. The van der Waals surface area contributed by atoms with Gasteiger partial charge in [0.1, 0.15) is 11.7 Å². The number of H-pyrrole nitrogens is 1. The molecule has 1 fully saturated rings. The van der Waals surface area contributed by atoms with Crippen LogP contribution in [-0.4, -0.2) is 54.4 Å². The minimum atomic E-state index is -0.573. The van der Waals surface area contributed by atoms with Crippen LogP contribution in [0.2, 0.25) is 0 Å². The zero-order valence-electron chi connectivity index (χ0n) is 12.8. The van der Waals surface area contributed by atoms with Gasteiger partial charge in [-0.2, -0.15) is 0 Å². The van der Waals surface area contributed by atoms with Crippen LogP contribution >= 0.6 is 0 Å². The molecule has 2 heterocycles. The van der Waals surface area contributed by atoms with Crippen LogP contribution < -0.4 is 16.0 Å². The normalized spacial score (nSPS) is 17.2. The lowest BCUT2D eigenvalue weighted by Gasteiger charge is -2.10. The van der Waals surface area contributed by atoms with Gasteiger partial charge in [-0.25, -0.2) is 4.79 Å². The molecule has 3 rings (SSSR count). The first-order valence-electron chi connectivity index (χ1n) is 7.15. The first kappa shape index (κ1) is 14.9. The van der Waals surface area contributed by atoms with Crippen molar-refractivity contribution in [2.45, 2.75) is 6.04 Å². The third-order valence-electron chi connectivity index (χ3n) is 3.78. The molecular formula is C15H17N5O3. The zero-order valence-corrected chi connectivity index (χ0v) is 12.8. The summed E-state index contributed by atoms with van der Waals surface area (Å²) in [7, 11) is 3.20. The van der Waals surface area contributed by atoms with Crippen LogP contribution in [0.4, 0.5) is 10.5 Å². The molecule has 0 radical (unpaired) electrons. The van der Waals surface area contributed by atoms with Crippen molar-refractivity contribution in [2.75, 3.05) is 26.0 Å². The number of benzene rings is 1. The third-order valence-corrected chi connectivity index (χ3v) is 3.78. The number of nitrogens with one attached hydrogen (secondary N) is 4. The fourth-order valence-corrected chi connectivity index (χ4v) is 2.51. The van der Waals surface area contributed by atoms with Crippen molar-refractivity contribution in [3.05, 3.63) is 30.0 Å². The summed E-state index contributed by atoms with van der Waals surface area (Å²) in [6, 6.07) is 6.19. The van der Waals surface area contributed by atoms with E-state index in [9.17, 15) is 14.4 Å². The number of hydrogen-bond acceptors (Lipinski definition) is 3. The molecule has 1 aliphatic rings. The molecule has 1 unspecified atom stereocenters. The number of nitrogens with zero attached hydrogens (tertiary/aromatic N) is 1. The molecular weight excluding hydrogens is 298 g/mol. The monoisotopic (exact) mass is 315 g/mol. The maximum absolute atomic E-state index is 12.2. The molecule has 1 atom stereocenters. The molecule has 120 valence electrons. The van der Waals surface area contributed by atoms with Crippen molar-refractivity contribution in [3.8, 4) is 0 Å². The highest BCUT2D eigenvalue weighted by atomic mass is 16.2. The fourth-order valence-electron chi connectivity index (χ4n) is 2.51. The number of carbonyl (C=O) groups is 3. The molecule has 0 bridgehead atoms. The smallest absolute Gasteiger partial charge is 0.317 e. The number of amides is 4. The number of urea groups is 1. The molecule has 0 spiro atoms. The molecule has 1 saturated heterocycles. The van der Waals surface area contributed by atoms with E-state index < -0.39 is 6.04 Å². The van der Waals surface area contributed by atoms with Crippen molar-refractivity contribution < 1.29 is 14.4 Å². The summed E-state index contributed by atoms with van der Waals surface area (Å²) >= 11 is 0. The number of aromatic nitrogens is 1. The number of rotatable bonds is 3. The lowest BCUT2D eigenvalue weighted by atomic mass is 10.2. The summed E-state index contributed by atoms with van der Waals surface area (Å²) in [6.45, 7) is 0.331. The van der Waals surface area contributed by atoms with Crippen molar-refractivity contribution in [1.29, 1.82) is 0 Å². The quantitative estimate of drug-likeness (QED) is 0.662. The Morgan fingerprint density at radius 1 is 1.30 bits per heavy atom. The van der Waals surface area contributed by atoms with Gasteiger partial charge in [-0.1, -0.05) is 0 Å². The third kappa shape index (κ3) is 2.83. The molecule has 8 nitrogen and oxygen atoms in total. The highest BCUT2D eigenvalue weighted by Gasteiger charge is 2.31. The Kier molecular flexibility index (Phi) is 3.65. The topological polar surface area (TPSA) is 106 Å². The van der Waals surface area contributed by atoms with Crippen LogP contribution in [0.1, 0.15) is 10.5 Å². The first-order valence-corrected chi connectivity index (χ1v) is 7.15. The van der Waals surface area contributed by atoms with Crippen LogP contribution in [0.25, 0.3) is 10.9 Å². The van der Waals surface area contributed by atoms with E-state index in [2.05, 4.69) is 20.9 Å². The van der Waals surface area contributed by atoms with Crippen LogP contribution in [-0.2, 0) is 4.79 Å². The Balaban J connectivity index is 1.77. The van der Waals surface area contributed by atoms with Crippen molar-refractivity contribution >= 4 is 34.4 Å². The lowest BCUT2D eigenvalue weighted by Crippen LogP contribution is -2.38. The van der Waals surface area contributed by atoms with Gasteiger partial charge in [0.15, 0.2) is 0 Å². The van der Waals surface area contributed by atoms with Gasteiger partial charge < -0.3 is 25.8 Å². The lowest BCUT2D eigenvalue weighted by molar-refractivity contribution is -0.117. The maximum Gasteiger partial charge on any atom is 0.317 e. The molecule has 0 aliphatic carbocycles. The minimum absolute atomic E-state index is 0.205. The van der Waals surface area contributed by atoms with Gasteiger partial charge in [0.05, 0.1) is 6.54 Å². The van der Waals surface area contributed by atoms with E-state index in [1.807, 2.05) is 0 Å². The van der Waals surface area contributed by atoms with Gasteiger partial charge >= 0.3 is 6.03 Å². The zero-order chi connectivity index (χ0) is 16.6. The van der Waals surface area contributed by atoms with E-state index in [0.29, 0.717) is 17.9 Å². The number of fused-ring (bicyclic) bond motifs is 1. The van der Waals surface area contributed by atoms with E-state index in [1.54, 1.807) is 38.4 Å². The number of likely N-dealkylation sites (N-methyl/N-ethyl adjacent to an activating group) is 1. The predicted molar refractivity (Wildman–Crippen MR) is 85.3 cm³/mol. The van der Waals surface area contributed by atoms with Crippen LogP contribution in [0.5, 0.6) is 0 Å². The van der Waals surface area contributed by atoms with Gasteiger partial charge in [0, 0.05) is 30.7 Å². The molecule has 2 aromatic rings. The van der Waals surface area contributed by atoms with Crippen LogP contribution in [0.15, 0.2) is 24.3 Å². The van der Waals surface area contributed by atoms with E-state index in [1.165, 1.54) is 4.90 Å². The van der Waals surface area contributed by atoms with E-state index in [-0.39, 0.29) is 17.8 Å². The Morgan fingerprint density at radius 2 is 2.09 bits per heavy atom. The molecule has 1 aliphatic heterocycles. The second-order valence-corrected chi connectivity index (χ2v) is 5.44. The van der Waals surface area contributed by atoms with Crippen LogP contribution in [0, 0.1) is 0 Å². The van der Waals surface area contributed by atoms with Gasteiger partial charge in [-0.05, 0) is 24.3 Å². The van der Waals surface area contributed by atoms with Gasteiger partial charge in [0.25, 0.3) is 5.91 Å². The number of aromatic amines is 1. The van der Waals surface area contributed by atoms with Crippen molar-refractivity contribution in [3.63, 3.8) is 0 Å². The summed E-state index contributed by atoms with van der Waals surface area (Å²) in [5, 5.41) is 8.74. The highest BCUT2D eigenvalue weighted by Crippen LogP contribution is 2.20. The van der Waals surface area contributed by atoms with E-state index >= 15 is 0 Å². The Labute approximate surface area is 132 Å². The van der Waals surface area contributed by atoms with E-state index in [0.717, 1.165) is 10.9 Å². The first-order chi connectivity index (χ1) is 11.0. The Morgan fingerprint density at radius 3 is 2.74 bits per heavy atom. The summed E-state index contributed by atoms with van der Waals surface area (Å²) in [5.41, 5.74) is 1.86. The summed E-state index contributed by atoms with van der Waals surface area (Å²) in [6.07, 6.45) is 0. The predicted octanol–water partition coefficient (Wildman–Crippen LogP) is 0.490. The average Bonchev–Trinajstić information content (AvgIpc) is 3.10. The summed E-state index contributed by atoms with van der Waals surface area (Å²) in [5.74, 6) is -0.479.